The van der Waals surface area contributed by atoms with Crippen LogP contribution in [0, 0.1) is 3.57 Å². The minimum absolute atomic E-state index is 0.455. The van der Waals surface area contributed by atoms with Crippen molar-refractivity contribution in [2.24, 2.45) is 0 Å². The molecule has 0 fully saturated rings. The Kier molecular flexibility index (Phi) is 4.42. The van der Waals surface area contributed by atoms with Crippen molar-refractivity contribution < 1.29 is 9.84 Å². The molecule has 90 valence electrons. The lowest BCUT2D eigenvalue weighted by Gasteiger charge is -2.08. The first-order valence-corrected chi connectivity index (χ1v) is 7.20. The summed E-state index contributed by atoms with van der Waals surface area (Å²) in [7, 11) is 1.64. The highest BCUT2D eigenvalue weighted by molar-refractivity contribution is 14.1. The van der Waals surface area contributed by atoms with Gasteiger partial charge in [-0.3, -0.25) is 0 Å². The molecule has 1 N–H and O–H groups in total. The van der Waals surface area contributed by atoms with E-state index >= 15 is 0 Å². The highest BCUT2D eigenvalue weighted by Gasteiger charge is 2.11. The lowest BCUT2D eigenvalue weighted by Crippen LogP contribution is -1.99. The molecule has 0 aliphatic carbocycles. The molecule has 1 unspecified atom stereocenters. The fourth-order valence-electron chi connectivity index (χ4n) is 1.56. The first kappa shape index (κ1) is 12.9. The van der Waals surface area contributed by atoms with Gasteiger partial charge in [-0.2, -0.15) is 0 Å². The van der Waals surface area contributed by atoms with Crippen LogP contribution in [-0.2, 0) is 6.42 Å². The molecule has 17 heavy (non-hydrogen) atoms. The zero-order valence-corrected chi connectivity index (χ0v) is 12.4. The van der Waals surface area contributed by atoms with Crippen molar-refractivity contribution in [3.05, 3.63) is 49.7 Å². The van der Waals surface area contributed by atoms with E-state index in [-0.39, 0.29) is 0 Å². The van der Waals surface area contributed by atoms with Crippen LogP contribution in [0.2, 0.25) is 0 Å². The maximum atomic E-state index is 10.1. The van der Waals surface area contributed by atoms with Gasteiger partial charge in [-0.15, -0.1) is 11.3 Å². The molecule has 0 aliphatic heterocycles. The van der Waals surface area contributed by atoms with Crippen molar-refractivity contribution in [2.45, 2.75) is 12.5 Å². The average Bonchev–Trinajstić information content (AvgIpc) is 2.81. The Morgan fingerprint density at radius 3 is 2.65 bits per heavy atom. The normalized spacial score (nSPS) is 12.4. The SMILES string of the molecule is COc1csc(C(O)Cc2ccc(I)cc2)c1. The van der Waals surface area contributed by atoms with Crippen LogP contribution >= 0.6 is 33.9 Å². The molecule has 0 radical (unpaired) electrons. The third-order valence-electron chi connectivity index (χ3n) is 2.50. The highest BCUT2D eigenvalue weighted by Crippen LogP contribution is 2.28. The van der Waals surface area contributed by atoms with E-state index in [9.17, 15) is 5.11 Å². The number of aliphatic hydroxyl groups excluding tert-OH is 1. The van der Waals surface area contributed by atoms with Crippen LogP contribution in [0.25, 0.3) is 0 Å². The zero-order valence-electron chi connectivity index (χ0n) is 9.39. The molecule has 0 saturated carbocycles. The molecule has 4 heteroatoms. The van der Waals surface area contributed by atoms with Crippen LogP contribution in [0.3, 0.4) is 0 Å². The summed E-state index contributed by atoms with van der Waals surface area (Å²) >= 11 is 3.80. The summed E-state index contributed by atoms with van der Waals surface area (Å²) in [6.07, 6.45) is 0.185. The minimum Gasteiger partial charge on any atom is -0.496 e. The van der Waals surface area contributed by atoms with Crippen molar-refractivity contribution in [3.63, 3.8) is 0 Å². The Morgan fingerprint density at radius 2 is 2.06 bits per heavy atom. The topological polar surface area (TPSA) is 29.5 Å². The highest BCUT2D eigenvalue weighted by atomic mass is 127. The van der Waals surface area contributed by atoms with E-state index in [2.05, 4.69) is 46.9 Å². The number of ether oxygens (including phenoxy) is 1. The largest absolute Gasteiger partial charge is 0.496 e. The third-order valence-corrected chi connectivity index (χ3v) is 4.23. The molecule has 2 nitrogen and oxygen atoms in total. The zero-order chi connectivity index (χ0) is 12.3. The fourth-order valence-corrected chi connectivity index (χ4v) is 2.76. The van der Waals surface area contributed by atoms with E-state index in [4.69, 9.17) is 4.74 Å². The lowest BCUT2D eigenvalue weighted by atomic mass is 10.1. The van der Waals surface area contributed by atoms with Crippen molar-refractivity contribution >= 4 is 33.9 Å². The number of halogens is 1. The first-order chi connectivity index (χ1) is 8.19. The number of aliphatic hydroxyl groups is 1. The Labute approximate surface area is 118 Å². The summed E-state index contributed by atoms with van der Waals surface area (Å²) in [5.41, 5.74) is 1.14. The number of thiophene rings is 1. The monoisotopic (exact) mass is 360 g/mol. The predicted molar refractivity (Wildman–Crippen MR) is 78.7 cm³/mol. The number of hydrogen-bond acceptors (Lipinski definition) is 3. The minimum atomic E-state index is -0.455. The molecule has 1 aromatic heterocycles. The van der Waals surface area contributed by atoms with Crippen LogP contribution in [0.4, 0.5) is 0 Å². The van der Waals surface area contributed by atoms with Gasteiger partial charge in [0.2, 0.25) is 0 Å². The van der Waals surface area contributed by atoms with Gasteiger partial charge < -0.3 is 9.84 Å². The molecule has 2 rings (SSSR count). The number of methoxy groups -OCH3 is 1. The third kappa shape index (κ3) is 3.43. The summed E-state index contributed by atoms with van der Waals surface area (Å²) in [6, 6.07) is 10.1. The van der Waals surface area contributed by atoms with Crippen LogP contribution < -0.4 is 4.74 Å². The van der Waals surface area contributed by atoms with Crippen molar-refractivity contribution in [3.8, 4) is 5.75 Å². The van der Waals surface area contributed by atoms with Gasteiger partial charge in [-0.25, -0.2) is 0 Å². The molecular weight excluding hydrogens is 347 g/mol. The van der Waals surface area contributed by atoms with E-state index in [0.29, 0.717) is 6.42 Å². The Hall–Kier alpha value is -0.590. The Bertz CT molecular complexity index is 478. The summed E-state index contributed by atoms with van der Waals surface area (Å²) in [5, 5.41) is 12.0. The van der Waals surface area contributed by atoms with Crippen LogP contribution in [0.15, 0.2) is 35.7 Å². The van der Waals surface area contributed by atoms with Gasteiger partial charge >= 0.3 is 0 Å². The van der Waals surface area contributed by atoms with Crippen molar-refractivity contribution in [1.29, 1.82) is 0 Å². The molecular formula is C13H13IO2S. The first-order valence-electron chi connectivity index (χ1n) is 5.24. The average molecular weight is 360 g/mol. The second-order valence-electron chi connectivity index (χ2n) is 3.74. The van der Waals surface area contributed by atoms with Crippen molar-refractivity contribution in [1.82, 2.24) is 0 Å². The summed E-state index contributed by atoms with van der Waals surface area (Å²) < 4.78 is 6.32. The second kappa shape index (κ2) is 5.84. The predicted octanol–water partition coefficient (Wildman–Crippen LogP) is 3.64. The van der Waals surface area contributed by atoms with Crippen LogP contribution in [0.5, 0.6) is 5.75 Å². The van der Waals surface area contributed by atoms with E-state index in [1.165, 1.54) is 14.9 Å². The quantitative estimate of drug-likeness (QED) is 0.844. The Morgan fingerprint density at radius 1 is 1.35 bits per heavy atom. The van der Waals surface area contributed by atoms with Crippen molar-refractivity contribution in [2.75, 3.05) is 7.11 Å². The second-order valence-corrected chi connectivity index (χ2v) is 5.92. The summed E-state index contributed by atoms with van der Waals surface area (Å²) in [6.45, 7) is 0. The summed E-state index contributed by atoms with van der Waals surface area (Å²) in [5.74, 6) is 0.812. The van der Waals surface area contributed by atoms with Gasteiger partial charge in [0.25, 0.3) is 0 Å². The van der Waals surface area contributed by atoms with E-state index in [1.807, 2.05) is 11.4 Å². The smallest absolute Gasteiger partial charge is 0.129 e. The molecule has 0 spiro atoms. The molecule has 0 bridgehead atoms. The van der Waals surface area contributed by atoms with Gasteiger partial charge in [0.1, 0.15) is 5.75 Å². The standard InChI is InChI=1S/C13H13IO2S/c1-16-11-7-13(17-8-11)12(15)6-9-2-4-10(14)5-3-9/h2-5,7-8,12,15H,6H2,1H3. The number of rotatable bonds is 4. The summed E-state index contributed by atoms with van der Waals surface area (Å²) in [4.78, 5) is 0.945. The maximum absolute atomic E-state index is 10.1. The molecule has 0 amide bonds. The van der Waals surface area contributed by atoms with Crippen LogP contribution in [-0.4, -0.2) is 12.2 Å². The van der Waals surface area contributed by atoms with E-state index in [1.54, 1.807) is 7.11 Å². The van der Waals surface area contributed by atoms with Gasteiger partial charge in [0, 0.05) is 20.2 Å². The lowest BCUT2D eigenvalue weighted by molar-refractivity contribution is 0.182. The molecule has 2 aromatic rings. The molecule has 1 heterocycles. The Balaban J connectivity index is 2.05. The van der Waals surface area contributed by atoms with Gasteiger partial charge in [-0.1, -0.05) is 12.1 Å². The van der Waals surface area contributed by atoms with Gasteiger partial charge in [0.05, 0.1) is 13.2 Å². The van der Waals surface area contributed by atoms with Gasteiger partial charge in [0.15, 0.2) is 0 Å². The fraction of sp³-hybridized carbons (Fsp3) is 0.231. The van der Waals surface area contributed by atoms with Crippen LogP contribution in [0.1, 0.15) is 16.5 Å². The molecule has 1 aromatic carbocycles. The maximum Gasteiger partial charge on any atom is 0.129 e. The molecule has 0 aliphatic rings. The molecule has 0 saturated heterocycles. The number of benzene rings is 1. The molecule has 1 atom stereocenters. The van der Waals surface area contributed by atoms with E-state index in [0.717, 1.165) is 16.2 Å². The number of hydrogen-bond donors (Lipinski definition) is 1. The van der Waals surface area contributed by atoms with E-state index < -0.39 is 6.10 Å². The van der Waals surface area contributed by atoms with Gasteiger partial charge in [-0.05, 0) is 46.4 Å².